The molecule has 0 aliphatic rings. The predicted octanol–water partition coefficient (Wildman–Crippen LogP) is 3.26. The highest BCUT2D eigenvalue weighted by atomic mass is 16.5. The number of aromatic carboxylic acids is 1. The lowest BCUT2D eigenvalue weighted by Crippen LogP contribution is -2.09. The molecule has 0 fully saturated rings. The van der Waals surface area contributed by atoms with Crippen LogP contribution in [-0.2, 0) is 4.74 Å². The zero-order valence-corrected chi connectivity index (χ0v) is 9.77. The first-order valence-electron chi connectivity index (χ1n) is 5.55. The van der Waals surface area contributed by atoms with Crippen molar-refractivity contribution in [2.75, 3.05) is 7.11 Å². The summed E-state index contributed by atoms with van der Waals surface area (Å²) in [6.07, 6.45) is 2.85. The molecule has 1 N–H and O–H groups in total. The number of unbranched alkanes of at least 4 members (excludes halogenated alkanes) is 1. The minimum atomic E-state index is -0.894. The molecule has 1 aromatic rings. The number of carboxylic acids is 1. The molecule has 3 nitrogen and oxygen atoms in total. The number of hydrogen-bond acceptors (Lipinski definition) is 2. The normalized spacial score (nSPS) is 12.4. The van der Waals surface area contributed by atoms with E-state index in [4.69, 9.17) is 9.84 Å². The van der Waals surface area contributed by atoms with E-state index in [9.17, 15) is 4.79 Å². The second-order valence-electron chi connectivity index (χ2n) is 3.76. The van der Waals surface area contributed by atoms with E-state index >= 15 is 0 Å². The van der Waals surface area contributed by atoms with Crippen molar-refractivity contribution in [3.8, 4) is 0 Å². The third kappa shape index (κ3) is 3.07. The van der Waals surface area contributed by atoms with Gasteiger partial charge in [-0.05, 0) is 18.1 Å². The largest absolute Gasteiger partial charge is 0.478 e. The number of carbonyl (C=O) groups is 1. The molecular formula is C13H18O3. The molecule has 0 saturated carbocycles. The molecule has 1 rings (SSSR count). The highest BCUT2D eigenvalue weighted by Gasteiger charge is 2.17. The van der Waals surface area contributed by atoms with Crippen molar-refractivity contribution in [1.29, 1.82) is 0 Å². The van der Waals surface area contributed by atoms with Crippen molar-refractivity contribution in [3.05, 3.63) is 35.4 Å². The van der Waals surface area contributed by atoms with Gasteiger partial charge in [0.15, 0.2) is 0 Å². The fourth-order valence-electron chi connectivity index (χ4n) is 1.76. The Morgan fingerprint density at radius 2 is 2.12 bits per heavy atom. The Morgan fingerprint density at radius 3 is 2.69 bits per heavy atom. The second kappa shape index (κ2) is 6.28. The van der Waals surface area contributed by atoms with Crippen LogP contribution in [0, 0.1) is 0 Å². The molecule has 16 heavy (non-hydrogen) atoms. The number of benzene rings is 1. The molecule has 0 aromatic heterocycles. The van der Waals surface area contributed by atoms with Crippen molar-refractivity contribution >= 4 is 5.97 Å². The van der Waals surface area contributed by atoms with E-state index in [1.54, 1.807) is 19.2 Å². The zero-order valence-electron chi connectivity index (χ0n) is 9.77. The molecule has 0 aliphatic heterocycles. The highest BCUT2D eigenvalue weighted by molar-refractivity contribution is 5.89. The van der Waals surface area contributed by atoms with E-state index in [1.807, 2.05) is 12.1 Å². The first-order chi connectivity index (χ1) is 7.70. The van der Waals surface area contributed by atoms with Crippen LogP contribution in [0.3, 0.4) is 0 Å². The summed E-state index contributed by atoms with van der Waals surface area (Å²) in [6, 6.07) is 7.03. The van der Waals surface area contributed by atoms with Crippen molar-refractivity contribution in [2.24, 2.45) is 0 Å². The first kappa shape index (κ1) is 12.7. The molecule has 88 valence electrons. The molecule has 0 radical (unpaired) electrons. The van der Waals surface area contributed by atoms with Crippen LogP contribution in [0.4, 0.5) is 0 Å². The summed E-state index contributed by atoms with van der Waals surface area (Å²) >= 11 is 0. The van der Waals surface area contributed by atoms with Crippen LogP contribution < -0.4 is 0 Å². The van der Waals surface area contributed by atoms with Crippen molar-refractivity contribution in [3.63, 3.8) is 0 Å². The molecular weight excluding hydrogens is 204 g/mol. The summed E-state index contributed by atoms with van der Waals surface area (Å²) in [5.41, 5.74) is 1.11. The second-order valence-corrected chi connectivity index (χ2v) is 3.76. The first-order valence-corrected chi connectivity index (χ1v) is 5.55. The van der Waals surface area contributed by atoms with Crippen LogP contribution in [-0.4, -0.2) is 18.2 Å². The number of ether oxygens (including phenoxy) is 1. The van der Waals surface area contributed by atoms with Gasteiger partial charge in [0.05, 0.1) is 11.7 Å². The Balaban J connectivity index is 2.94. The lowest BCUT2D eigenvalue weighted by molar-refractivity contribution is 0.0671. The van der Waals surface area contributed by atoms with Crippen molar-refractivity contribution in [1.82, 2.24) is 0 Å². The molecule has 0 amide bonds. The lowest BCUT2D eigenvalue weighted by atomic mass is 9.98. The molecule has 1 atom stereocenters. The molecule has 0 heterocycles. The summed E-state index contributed by atoms with van der Waals surface area (Å²) in [4.78, 5) is 11.1. The Kier molecular flexibility index (Phi) is 4.99. The minimum absolute atomic E-state index is 0.118. The van der Waals surface area contributed by atoms with Crippen LogP contribution >= 0.6 is 0 Å². The molecule has 1 unspecified atom stereocenters. The third-order valence-electron chi connectivity index (χ3n) is 2.64. The van der Waals surface area contributed by atoms with Crippen LogP contribution in [0.25, 0.3) is 0 Å². The summed E-state index contributed by atoms with van der Waals surface area (Å²) in [6.45, 7) is 2.11. The average Bonchev–Trinajstić information content (AvgIpc) is 2.30. The van der Waals surface area contributed by atoms with E-state index < -0.39 is 5.97 Å². The summed E-state index contributed by atoms with van der Waals surface area (Å²) in [5, 5.41) is 9.08. The zero-order chi connectivity index (χ0) is 12.0. The smallest absolute Gasteiger partial charge is 0.336 e. The maximum Gasteiger partial charge on any atom is 0.336 e. The Hall–Kier alpha value is -1.35. The van der Waals surface area contributed by atoms with Crippen molar-refractivity contribution in [2.45, 2.75) is 32.3 Å². The maximum absolute atomic E-state index is 11.1. The van der Waals surface area contributed by atoms with E-state index in [-0.39, 0.29) is 6.10 Å². The van der Waals surface area contributed by atoms with Gasteiger partial charge in [0, 0.05) is 7.11 Å². The third-order valence-corrected chi connectivity index (χ3v) is 2.64. The Morgan fingerprint density at radius 1 is 1.44 bits per heavy atom. The summed E-state index contributed by atoms with van der Waals surface area (Å²) in [7, 11) is 1.62. The van der Waals surface area contributed by atoms with Gasteiger partial charge < -0.3 is 9.84 Å². The molecule has 1 aromatic carbocycles. The average molecular weight is 222 g/mol. The van der Waals surface area contributed by atoms with Gasteiger partial charge in [-0.3, -0.25) is 0 Å². The highest BCUT2D eigenvalue weighted by Crippen LogP contribution is 2.25. The molecule has 0 spiro atoms. The molecule has 3 heteroatoms. The summed E-state index contributed by atoms with van der Waals surface area (Å²) < 4.78 is 5.37. The van der Waals surface area contributed by atoms with Gasteiger partial charge in [0.1, 0.15) is 0 Å². The van der Waals surface area contributed by atoms with Gasteiger partial charge in [0.25, 0.3) is 0 Å². The monoisotopic (exact) mass is 222 g/mol. The number of methoxy groups -OCH3 is 1. The fraction of sp³-hybridized carbons (Fsp3) is 0.462. The fourth-order valence-corrected chi connectivity index (χ4v) is 1.76. The van der Waals surface area contributed by atoms with Crippen molar-refractivity contribution < 1.29 is 14.6 Å². The van der Waals surface area contributed by atoms with Gasteiger partial charge in [-0.15, -0.1) is 0 Å². The number of rotatable bonds is 6. The van der Waals surface area contributed by atoms with Gasteiger partial charge in [-0.25, -0.2) is 4.79 Å². The lowest BCUT2D eigenvalue weighted by Gasteiger charge is -2.17. The standard InChI is InChI=1S/C13H18O3/c1-3-4-9-12(16-2)10-7-5-6-8-11(10)13(14)15/h5-8,12H,3-4,9H2,1-2H3,(H,14,15). The van der Waals surface area contributed by atoms with E-state index in [0.29, 0.717) is 5.56 Å². The van der Waals surface area contributed by atoms with Gasteiger partial charge >= 0.3 is 5.97 Å². The minimum Gasteiger partial charge on any atom is -0.478 e. The predicted molar refractivity (Wildman–Crippen MR) is 62.7 cm³/mol. The van der Waals surface area contributed by atoms with Crippen LogP contribution in [0.2, 0.25) is 0 Å². The molecule has 0 saturated heterocycles. The van der Waals surface area contributed by atoms with Gasteiger partial charge in [-0.2, -0.15) is 0 Å². The van der Waals surface area contributed by atoms with Crippen LogP contribution in [0.1, 0.15) is 48.2 Å². The SMILES string of the molecule is CCCCC(OC)c1ccccc1C(=O)O. The van der Waals surface area contributed by atoms with Crippen LogP contribution in [0.15, 0.2) is 24.3 Å². The van der Waals surface area contributed by atoms with Gasteiger partial charge in [0.2, 0.25) is 0 Å². The Bertz CT molecular complexity index is 347. The summed E-state index contributed by atoms with van der Waals surface area (Å²) in [5.74, 6) is -0.894. The van der Waals surface area contributed by atoms with E-state index in [1.165, 1.54) is 0 Å². The topological polar surface area (TPSA) is 46.5 Å². The van der Waals surface area contributed by atoms with Crippen LogP contribution in [0.5, 0.6) is 0 Å². The van der Waals surface area contributed by atoms with Gasteiger partial charge in [-0.1, -0.05) is 38.0 Å². The number of hydrogen-bond donors (Lipinski definition) is 1. The van der Waals surface area contributed by atoms with E-state index in [2.05, 4.69) is 6.92 Å². The number of carboxylic acid groups (broad SMARTS) is 1. The molecule has 0 aliphatic carbocycles. The Labute approximate surface area is 96.1 Å². The quantitative estimate of drug-likeness (QED) is 0.803. The maximum atomic E-state index is 11.1. The molecule has 0 bridgehead atoms. The van der Waals surface area contributed by atoms with E-state index in [0.717, 1.165) is 24.8 Å².